The van der Waals surface area contributed by atoms with Crippen LogP contribution < -0.4 is 9.80 Å². The molecule has 5 heterocycles. The number of aromatic nitrogens is 2. The predicted molar refractivity (Wildman–Crippen MR) is 117 cm³/mol. The molecule has 0 aliphatic carbocycles. The number of hydrogen-bond acceptors (Lipinski definition) is 9. The van der Waals surface area contributed by atoms with E-state index in [0.717, 1.165) is 18.4 Å². The molecule has 3 unspecified atom stereocenters. The van der Waals surface area contributed by atoms with Gasteiger partial charge < -0.3 is 23.5 Å². The van der Waals surface area contributed by atoms with Gasteiger partial charge in [0.05, 0.1) is 36.6 Å². The van der Waals surface area contributed by atoms with E-state index in [9.17, 15) is 14.4 Å². The Morgan fingerprint density at radius 3 is 2.94 bits per heavy atom. The van der Waals surface area contributed by atoms with E-state index in [4.69, 9.17) is 13.7 Å². The monoisotopic (exact) mass is 462 g/mol. The maximum atomic E-state index is 14.6. The van der Waals surface area contributed by atoms with Crippen LogP contribution in [0, 0.1) is 24.1 Å². The number of aryl methyl sites for hydroxylation is 1. The third-order valence-electron chi connectivity index (χ3n) is 6.41. The Labute approximate surface area is 193 Å². The van der Waals surface area contributed by atoms with Crippen molar-refractivity contribution in [2.24, 2.45) is 4.99 Å². The predicted octanol–water partition coefficient (Wildman–Crippen LogP) is 3.13. The maximum absolute atomic E-state index is 14.6. The van der Waals surface area contributed by atoms with Gasteiger partial charge in [0.25, 0.3) is 11.8 Å². The molecule has 0 N–H and O–H groups in total. The van der Waals surface area contributed by atoms with Crippen LogP contribution >= 0.6 is 0 Å². The molecule has 3 aliphatic rings. The van der Waals surface area contributed by atoms with Crippen LogP contribution in [0.25, 0.3) is 11.6 Å². The first-order valence-corrected chi connectivity index (χ1v) is 10.9. The number of aliphatic imine (C=N–C) groups is 1. The molecule has 1 fully saturated rings. The van der Waals surface area contributed by atoms with Gasteiger partial charge in [-0.1, -0.05) is 5.16 Å². The summed E-state index contributed by atoms with van der Waals surface area (Å²) >= 11 is 0. The topological polar surface area (TPSA) is 121 Å². The number of amides is 1. The number of carbonyl (C=O) groups excluding carboxylic acids is 1. The fourth-order valence-electron chi connectivity index (χ4n) is 4.75. The number of halogens is 1. The highest BCUT2D eigenvalue weighted by molar-refractivity contribution is 6.13. The summed E-state index contributed by atoms with van der Waals surface area (Å²) < 4.78 is 31.2. The third kappa shape index (κ3) is 3.03. The number of ether oxygens (including phenoxy) is 1. The molecule has 3 aliphatic heterocycles. The second-order valence-corrected chi connectivity index (χ2v) is 8.44. The molecule has 1 aromatic carbocycles. The number of benzene rings is 1. The zero-order valence-electron chi connectivity index (χ0n) is 18.1. The molecule has 0 saturated carbocycles. The molecule has 10 nitrogen and oxygen atoms in total. The molecule has 1 saturated heterocycles. The van der Waals surface area contributed by atoms with E-state index in [1.165, 1.54) is 23.6 Å². The highest BCUT2D eigenvalue weighted by Crippen LogP contribution is 2.45. The van der Waals surface area contributed by atoms with Gasteiger partial charge in [-0.05, 0) is 43.5 Å². The van der Waals surface area contributed by atoms with Crippen molar-refractivity contribution >= 4 is 23.6 Å². The average Bonchev–Trinajstić information content (AvgIpc) is 3.63. The highest BCUT2D eigenvalue weighted by atomic mass is 19.1. The summed E-state index contributed by atoms with van der Waals surface area (Å²) in [5, 5.41) is 13.7. The van der Waals surface area contributed by atoms with Crippen molar-refractivity contribution in [1.82, 2.24) is 10.1 Å². The summed E-state index contributed by atoms with van der Waals surface area (Å²) in [6, 6.07) is 4.87. The van der Waals surface area contributed by atoms with Crippen LogP contribution in [-0.2, 0) is 9.53 Å². The Morgan fingerprint density at radius 2 is 2.21 bits per heavy atom. The first-order valence-electron chi connectivity index (χ1n) is 10.9. The van der Waals surface area contributed by atoms with Gasteiger partial charge in [-0.2, -0.15) is 10.2 Å². The van der Waals surface area contributed by atoms with Gasteiger partial charge in [0, 0.05) is 6.61 Å². The van der Waals surface area contributed by atoms with Crippen molar-refractivity contribution in [2.45, 2.75) is 38.0 Å². The van der Waals surface area contributed by atoms with E-state index < -0.39 is 17.9 Å². The normalized spacial score (nSPS) is 23.3. The zero-order chi connectivity index (χ0) is 23.4. The van der Waals surface area contributed by atoms with E-state index in [-0.39, 0.29) is 41.5 Å². The fraction of sp³-hybridized carbons (Fsp3) is 0.348. The molecule has 1 amide bonds. The van der Waals surface area contributed by atoms with E-state index in [1.54, 1.807) is 17.0 Å². The van der Waals surface area contributed by atoms with Gasteiger partial charge in [-0.15, -0.1) is 0 Å². The van der Waals surface area contributed by atoms with E-state index in [1.807, 2.05) is 13.0 Å². The second-order valence-electron chi connectivity index (χ2n) is 8.44. The lowest BCUT2D eigenvalue weighted by molar-refractivity contribution is -0.120. The summed E-state index contributed by atoms with van der Waals surface area (Å²) in [6.45, 7) is 2.68. The molecule has 0 radical (unpaired) electrons. The first kappa shape index (κ1) is 20.6. The first-order chi connectivity index (χ1) is 16.6. The molecule has 6 rings (SSSR count). The number of rotatable bonds is 4. The number of furan rings is 1. The van der Waals surface area contributed by atoms with Crippen LogP contribution in [0.2, 0.25) is 0 Å². The smallest absolute Gasteiger partial charge is 0.254 e. The molecule has 0 spiro atoms. The Morgan fingerprint density at radius 1 is 1.32 bits per heavy atom. The zero-order valence-corrected chi connectivity index (χ0v) is 18.1. The Balaban J connectivity index is 1.41. The van der Waals surface area contributed by atoms with Crippen LogP contribution in [0.15, 0.2) is 38.4 Å². The van der Waals surface area contributed by atoms with Crippen molar-refractivity contribution in [3.05, 3.63) is 47.3 Å². The molecular weight excluding hydrogens is 443 g/mol. The molecule has 34 heavy (non-hydrogen) atoms. The third-order valence-corrected chi connectivity index (χ3v) is 6.41. The van der Waals surface area contributed by atoms with Crippen LogP contribution in [-0.4, -0.2) is 47.7 Å². The minimum absolute atomic E-state index is 0.158. The van der Waals surface area contributed by atoms with Gasteiger partial charge in [0.2, 0.25) is 5.82 Å². The summed E-state index contributed by atoms with van der Waals surface area (Å²) in [7, 11) is 0. The van der Waals surface area contributed by atoms with Gasteiger partial charge >= 0.3 is 0 Å². The molecular formula is C23H19FN6O4. The summed E-state index contributed by atoms with van der Waals surface area (Å²) in [5.74, 6) is -0.136. The number of hydrogen-bond donors (Lipinski definition) is 0. The average molecular weight is 462 g/mol. The van der Waals surface area contributed by atoms with Crippen LogP contribution in [0.3, 0.4) is 0 Å². The molecule has 172 valence electrons. The van der Waals surface area contributed by atoms with E-state index in [0.29, 0.717) is 18.1 Å². The lowest BCUT2D eigenvalue weighted by Gasteiger charge is -2.40. The highest BCUT2D eigenvalue weighted by Gasteiger charge is 2.49. The largest absolute Gasteiger partial charge is 0.461 e. The lowest BCUT2D eigenvalue weighted by Crippen LogP contribution is -2.55. The molecule has 0 bridgehead atoms. The minimum Gasteiger partial charge on any atom is -0.461 e. The maximum Gasteiger partial charge on any atom is 0.254 e. The van der Waals surface area contributed by atoms with E-state index >= 15 is 0 Å². The van der Waals surface area contributed by atoms with Crippen molar-refractivity contribution in [3.8, 4) is 17.7 Å². The van der Waals surface area contributed by atoms with Gasteiger partial charge in [-0.3, -0.25) is 9.79 Å². The molecule has 11 heteroatoms. The Bertz CT molecular complexity index is 1350. The van der Waals surface area contributed by atoms with Crippen molar-refractivity contribution in [2.75, 3.05) is 23.0 Å². The van der Waals surface area contributed by atoms with Gasteiger partial charge in [-0.25, -0.2) is 4.39 Å². The van der Waals surface area contributed by atoms with Crippen LogP contribution in [0.5, 0.6) is 0 Å². The van der Waals surface area contributed by atoms with Crippen molar-refractivity contribution < 1.29 is 22.9 Å². The second kappa shape index (κ2) is 7.78. The summed E-state index contributed by atoms with van der Waals surface area (Å²) in [5.41, 5.74) is 1.39. The van der Waals surface area contributed by atoms with Crippen molar-refractivity contribution in [1.29, 1.82) is 5.26 Å². The number of carbonyl (C=O) groups is 1. The number of nitriles is 1. The van der Waals surface area contributed by atoms with Crippen LogP contribution in [0.1, 0.15) is 35.9 Å². The number of anilines is 2. The minimum atomic E-state index is -0.822. The summed E-state index contributed by atoms with van der Waals surface area (Å²) in [4.78, 5) is 25.8. The molecule has 3 atom stereocenters. The van der Waals surface area contributed by atoms with Crippen LogP contribution in [0.4, 0.5) is 15.8 Å². The Hall–Kier alpha value is -4.04. The number of fused-ring (bicyclic) bond motifs is 3. The summed E-state index contributed by atoms with van der Waals surface area (Å²) in [6.07, 6.45) is 4.49. The molecule has 2 aromatic heterocycles. The number of nitrogens with zero attached hydrogens (tertiary/aromatic N) is 6. The molecule has 3 aromatic rings. The quantitative estimate of drug-likeness (QED) is 0.580. The standard InChI is InChI=1S/C23H19FN6O4/c1-12-6-8-33-20(12)21-27-22(34-28-21)17-19-23(31)29(10-13-3-2-7-32-13)18-14(9-25)15(24)4-5-16(18)30(19)11-26-17/h4-6,8,11,13,17,19H,2-3,7,10H2,1H3. The fourth-order valence-corrected chi connectivity index (χ4v) is 4.75. The van der Waals surface area contributed by atoms with Crippen molar-refractivity contribution in [3.63, 3.8) is 0 Å². The lowest BCUT2D eigenvalue weighted by atomic mass is 9.98. The van der Waals surface area contributed by atoms with Gasteiger partial charge in [0.1, 0.15) is 23.5 Å². The van der Waals surface area contributed by atoms with E-state index in [2.05, 4.69) is 15.1 Å². The van der Waals surface area contributed by atoms with Gasteiger partial charge in [0.15, 0.2) is 11.8 Å². The SMILES string of the molecule is Cc1ccoc1-c1noc(C2N=CN3c4ccc(F)c(C#N)c4N(CC4CCCO4)C(=O)C23)n1. The Kier molecular flexibility index (Phi) is 4.70.